The van der Waals surface area contributed by atoms with Crippen LogP contribution >= 0.6 is 0 Å². The number of aliphatic carboxylic acids is 1. The molecule has 0 amide bonds. The van der Waals surface area contributed by atoms with Crippen molar-refractivity contribution in [2.75, 3.05) is 0 Å². The topological polar surface area (TPSA) is 46.5 Å². The average Bonchev–Trinajstić information content (AvgIpc) is 2.97. The fourth-order valence-corrected chi connectivity index (χ4v) is 3.61. The number of carboxylic acid groups (broad SMARTS) is 1. The Balaban J connectivity index is 1.81. The van der Waals surface area contributed by atoms with E-state index in [9.17, 15) is 4.79 Å². The Hall–Kier alpha value is -1.77. The first-order chi connectivity index (χ1) is 9.70. The van der Waals surface area contributed by atoms with Crippen molar-refractivity contribution in [1.29, 1.82) is 0 Å². The number of rotatable bonds is 5. The molecule has 1 heterocycles. The Morgan fingerprint density at radius 2 is 2.30 bits per heavy atom. The number of para-hydroxylation sites is 1. The van der Waals surface area contributed by atoms with Crippen molar-refractivity contribution in [3.63, 3.8) is 0 Å². The van der Waals surface area contributed by atoms with Gasteiger partial charge < -0.3 is 9.84 Å². The SMILES string of the molecule is C=C[C@H]1CC[C@@H]2Oc3c(CCCC(=O)O)cccc3[C@@H]21. The van der Waals surface area contributed by atoms with Gasteiger partial charge in [-0.1, -0.05) is 24.3 Å². The number of hydrogen-bond donors (Lipinski definition) is 1. The Bertz CT molecular complexity index is 535. The van der Waals surface area contributed by atoms with Gasteiger partial charge in [-0.05, 0) is 37.2 Å². The number of carbonyl (C=O) groups is 1. The molecule has 3 heteroatoms. The summed E-state index contributed by atoms with van der Waals surface area (Å²) in [6.45, 7) is 3.95. The predicted molar refractivity (Wildman–Crippen MR) is 77.1 cm³/mol. The second-order valence-corrected chi connectivity index (χ2v) is 5.74. The van der Waals surface area contributed by atoms with E-state index in [1.807, 2.05) is 0 Å². The summed E-state index contributed by atoms with van der Waals surface area (Å²) in [6, 6.07) is 6.28. The van der Waals surface area contributed by atoms with Gasteiger partial charge in [0, 0.05) is 17.9 Å². The summed E-state index contributed by atoms with van der Waals surface area (Å²) in [6.07, 6.45) is 6.23. The molecule has 0 spiro atoms. The van der Waals surface area contributed by atoms with E-state index in [0.29, 0.717) is 18.3 Å². The molecule has 3 atom stereocenters. The molecule has 1 aromatic rings. The van der Waals surface area contributed by atoms with Crippen molar-refractivity contribution < 1.29 is 14.6 Å². The van der Waals surface area contributed by atoms with E-state index < -0.39 is 5.97 Å². The summed E-state index contributed by atoms with van der Waals surface area (Å²) >= 11 is 0. The molecule has 0 saturated heterocycles. The zero-order chi connectivity index (χ0) is 14.1. The Kier molecular flexibility index (Phi) is 3.51. The monoisotopic (exact) mass is 272 g/mol. The molecule has 1 fully saturated rings. The average molecular weight is 272 g/mol. The van der Waals surface area contributed by atoms with Crippen LogP contribution in [0.4, 0.5) is 0 Å². The largest absolute Gasteiger partial charge is 0.489 e. The van der Waals surface area contributed by atoms with E-state index in [2.05, 4.69) is 30.9 Å². The standard InChI is InChI=1S/C17H20O3/c1-2-11-9-10-14-16(11)13-7-3-5-12(17(13)20-14)6-4-8-15(18)19/h2-3,5,7,11,14,16H,1,4,6,8-10H2,(H,18,19)/t11-,14-,16-/m0/s1. The molecular formula is C17H20O3. The zero-order valence-electron chi connectivity index (χ0n) is 11.5. The lowest BCUT2D eigenvalue weighted by Gasteiger charge is -2.13. The second kappa shape index (κ2) is 5.31. The molecule has 106 valence electrons. The van der Waals surface area contributed by atoms with Gasteiger partial charge in [0.25, 0.3) is 0 Å². The van der Waals surface area contributed by atoms with Crippen molar-refractivity contribution in [2.24, 2.45) is 5.92 Å². The molecule has 20 heavy (non-hydrogen) atoms. The fraction of sp³-hybridized carbons (Fsp3) is 0.471. The first-order valence-corrected chi connectivity index (χ1v) is 7.33. The summed E-state index contributed by atoms with van der Waals surface area (Å²) in [5, 5.41) is 8.74. The zero-order valence-corrected chi connectivity index (χ0v) is 11.5. The maximum absolute atomic E-state index is 10.6. The molecule has 0 radical (unpaired) electrons. The van der Waals surface area contributed by atoms with Gasteiger partial charge in [0.1, 0.15) is 11.9 Å². The van der Waals surface area contributed by atoms with Crippen molar-refractivity contribution in [2.45, 2.75) is 44.1 Å². The molecule has 0 aromatic heterocycles. The van der Waals surface area contributed by atoms with Crippen LogP contribution in [0.3, 0.4) is 0 Å². The minimum atomic E-state index is -0.734. The maximum atomic E-state index is 10.6. The van der Waals surface area contributed by atoms with Crippen molar-refractivity contribution >= 4 is 5.97 Å². The minimum Gasteiger partial charge on any atom is -0.489 e. The van der Waals surface area contributed by atoms with Crippen LogP contribution in [-0.2, 0) is 11.2 Å². The molecule has 3 rings (SSSR count). The van der Waals surface area contributed by atoms with Crippen LogP contribution in [-0.4, -0.2) is 17.2 Å². The van der Waals surface area contributed by atoms with Crippen LogP contribution in [0, 0.1) is 5.92 Å². The van der Waals surface area contributed by atoms with E-state index in [0.717, 1.165) is 30.6 Å². The lowest BCUT2D eigenvalue weighted by atomic mass is 9.88. The molecule has 1 saturated carbocycles. The quantitative estimate of drug-likeness (QED) is 0.834. The highest BCUT2D eigenvalue weighted by Crippen LogP contribution is 2.51. The number of allylic oxidation sites excluding steroid dienone is 1. The van der Waals surface area contributed by atoms with Gasteiger partial charge in [-0.15, -0.1) is 6.58 Å². The second-order valence-electron chi connectivity index (χ2n) is 5.74. The van der Waals surface area contributed by atoms with E-state index in [1.54, 1.807) is 0 Å². The summed E-state index contributed by atoms with van der Waals surface area (Å²) in [7, 11) is 0. The highest BCUT2D eigenvalue weighted by Gasteiger charge is 2.43. The van der Waals surface area contributed by atoms with Crippen LogP contribution in [0.2, 0.25) is 0 Å². The molecule has 1 aliphatic heterocycles. The highest BCUT2D eigenvalue weighted by molar-refractivity contribution is 5.66. The lowest BCUT2D eigenvalue weighted by Crippen LogP contribution is -2.14. The number of fused-ring (bicyclic) bond motifs is 3. The van der Waals surface area contributed by atoms with Crippen LogP contribution in [0.1, 0.15) is 42.7 Å². The number of ether oxygens (including phenoxy) is 1. The van der Waals surface area contributed by atoms with Gasteiger partial charge in [-0.25, -0.2) is 0 Å². The predicted octanol–water partition coefficient (Wildman–Crippen LogP) is 3.53. The maximum Gasteiger partial charge on any atom is 0.303 e. The molecule has 1 aliphatic carbocycles. The van der Waals surface area contributed by atoms with Crippen LogP contribution < -0.4 is 4.74 Å². The van der Waals surface area contributed by atoms with Crippen molar-refractivity contribution in [1.82, 2.24) is 0 Å². The van der Waals surface area contributed by atoms with E-state index in [-0.39, 0.29) is 12.5 Å². The van der Waals surface area contributed by atoms with E-state index in [1.165, 1.54) is 5.56 Å². The summed E-state index contributed by atoms with van der Waals surface area (Å²) in [5.74, 6) is 1.24. The normalized spacial score (nSPS) is 26.7. The first-order valence-electron chi connectivity index (χ1n) is 7.33. The molecule has 2 aliphatic rings. The minimum absolute atomic E-state index is 0.214. The molecule has 0 bridgehead atoms. The fourth-order valence-electron chi connectivity index (χ4n) is 3.61. The van der Waals surface area contributed by atoms with Crippen molar-refractivity contribution in [3.8, 4) is 5.75 Å². The van der Waals surface area contributed by atoms with Gasteiger partial charge >= 0.3 is 5.97 Å². The highest BCUT2D eigenvalue weighted by atomic mass is 16.5. The summed E-state index contributed by atoms with van der Waals surface area (Å²) in [4.78, 5) is 10.6. The van der Waals surface area contributed by atoms with Gasteiger partial charge in [0.05, 0.1) is 0 Å². The third kappa shape index (κ3) is 2.21. The summed E-state index contributed by atoms with van der Waals surface area (Å²) < 4.78 is 6.16. The van der Waals surface area contributed by atoms with Gasteiger partial charge in [0.15, 0.2) is 0 Å². The van der Waals surface area contributed by atoms with Gasteiger partial charge in [-0.3, -0.25) is 4.79 Å². The third-order valence-electron chi connectivity index (χ3n) is 4.54. The molecule has 0 unspecified atom stereocenters. The van der Waals surface area contributed by atoms with E-state index in [4.69, 9.17) is 9.84 Å². The van der Waals surface area contributed by atoms with Crippen molar-refractivity contribution in [3.05, 3.63) is 42.0 Å². The lowest BCUT2D eigenvalue weighted by molar-refractivity contribution is -0.137. The van der Waals surface area contributed by atoms with Crippen LogP contribution in [0.15, 0.2) is 30.9 Å². The number of carboxylic acids is 1. The smallest absolute Gasteiger partial charge is 0.303 e. The van der Waals surface area contributed by atoms with Gasteiger partial charge in [-0.2, -0.15) is 0 Å². The van der Waals surface area contributed by atoms with Crippen LogP contribution in [0.25, 0.3) is 0 Å². The molecule has 1 aromatic carbocycles. The molecule has 3 nitrogen and oxygen atoms in total. The third-order valence-corrected chi connectivity index (χ3v) is 4.54. The Morgan fingerprint density at radius 1 is 1.45 bits per heavy atom. The Morgan fingerprint density at radius 3 is 3.05 bits per heavy atom. The van der Waals surface area contributed by atoms with E-state index >= 15 is 0 Å². The first kappa shape index (κ1) is 13.2. The number of aryl methyl sites for hydroxylation is 1. The number of hydrogen-bond acceptors (Lipinski definition) is 2. The molecule has 1 N–H and O–H groups in total. The van der Waals surface area contributed by atoms with Crippen LogP contribution in [0.5, 0.6) is 5.75 Å². The number of benzene rings is 1. The van der Waals surface area contributed by atoms with Gasteiger partial charge in [0.2, 0.25) is 0 Å². The molecular weight excluding hydrogens is 252 g/mol. The Labute approximate surface area is 119 Å². The summed E-state index contributed by atoms with van der Waals surface area (Å²) in [5.41, 5.74) is 2.45.